The van der Waals surface area contributed by atoms with Crippen molar-refractivity contribution in [3.8, 4) is 0 Å². The Kier molecular flexibility index (Phi) is 2.04. The molecule has 74 valence electrons. The fourth-order valence-electron chi connectivity index (χ4n) is 1.69. The molecule has 0 bridgehead atoms. The van der Waals surface area contributed by atoms with Gasteiger partial charge in [-0.1, -0.05) is 18.2 Å². The van der Waals surface area contributed by atoms with Gasteiger partial charge in [-0.2, -0.15) is 0 Å². The SMILES string of the molecule is CC(Cl)C1(C)OC(=O)c2ccccc21. The van der Waals surface area contributed by atoms with Crippen LogP contribution in [-0.4, -0.2) is 11.3 Å². The van der Waals surface area contributed by atoms with E-state index in [2.05, 4.69) is 0 Å². The quantitative estimate of drug-likeness (QED) is 0.526. The highest BCUT2D eigenvalue weighted by Gasteiger charge is 2.44. The third kappa shape index (κ3) is 1.14. The van der Waals surface area contributed by atoms with Gasteiger partial charge < -0.3 is 4.74 Å². The number of alkyl halides is 1. The van der Waals surface area contributed by atoms with Gasteiger partial charge in [0.25, 0.3) is 0 Å². The lowest BCUT2D eigenvalue weighted by atomic mass is 9.91. The van der Waals surface area contributed by atoms with Crippen molar-refractivity contribution in [2.45, 2.75) is 24.8 Å². The maximum absolute atomic E-state index is 11.5. The van der Waals surface area contributed by atoms with Crippen LogP contribution in [0.25, 0.3) is 0 Å². The van der Waals surface area contributed by atoms with Crippen LogP contribution in [0, 0.1) is 0 Å². The Morgan fingerprint density at radius 1 is 1.43 bits per heavy atom. The second kappa shape index (κ2) is 2.99. The minimum absolute atomic E-state index is 0.241. The van der Waals surface area contributed by atoms with E-state index in [1.54, 1.807) is 6.07 Å². The number of carbonyl (C=O) groups excluding carboxylic acids is 1. The molecule has 1 aliphatic heterocycles. The number of esters is 1. The normalized spacial score (nSPS) is 26.9. The summed E-state index contributed by atoms with van der Waals surface area (Å²) < 4.78 is 5.31. The maximum Gasteiger partial charge on any atom is 0.339 e. The number of halogens is 1. The zero-order valence-electron chi connectivity index (χ0n) is 8.08. The Labute approximate surface area is 87.8 Å². The predicted molar refractivity (Wildman–Crippen MR) is 54.5 cm³/mol. The lowest BCUT2D eigenvalue weighted by molar-refractivity contribution is 0.000976. The number of hydrogen-bond donors (Lipinski definition) is 0. The van der Waals surface area contributed by atoms with Gasteiger partial charge in [0.2, 0.25) is 0 Å². The van der Waals surface area contributed by atoms with Crippen LogP contribution in [-0.2, 0) is 10.3 Å². The molecule has 1 aromatic rings. The summed E-state index contributed by atoms with van der Waals surface area (Å²) in [5.74, 6) is -0.282. The first kappa shape index (κ1) is 9.53. The second-order valence-corrected chi connectivity index (χ2v) is 4.31. The molecule has 1 heterocycles. The Morgan fingerprint density at radius 2 is 2.07 bits per heavy atom. The molecule has 2 nitrogen and oxygen atoms in total. The molecular weight excluding hydrogens is 200 g/mol. The van der Waals surface area contributed by atoms with Crippen molar-refractivity contribution in [2.75, 3.05) is 0 Å². The van der Waals surface area contributed by atoms with Crippen LogP contribution in [0.15, 0.2) is 24.3 Å². The van der Waals surface area contributed by atoms with E-state index in [4.69, 9.17) is 16.3 Å². The van der Waals surface area contributed by atoms with Gasteiger partial charge in [-0.15, -0.1) is 11.6 Å². The summed E-state index contributed by atoms with van der Waals surface area (Å²) in [5.41, 5.74) is 0.824. The van der Waals surface area contributed by atoms with Crippen LogP contribution in [0.5, 0.6) is 0 Å². The summed E-state index contributed by atoms with van der Waals surface area (Å²) in [6.45, 7) is 3.67. The van der Waals surface area contributed by atoms with Crippen molar-refractivity contribution in [3.63, 3.8) is 0 Å². The molecule has 0 spiro atoms. The van der Waals surface area contributed by atoms with Gasteiger partial charge in [-0.25, -0.2) is 4.79 Å². The number of carbonyl (C=O) groups is 1. The maximum atomic E-state index is 11.5. The highest BCUT2D eigenvalue weighted by molar-refractivity contribution is 6.21. The van der Waals surface area contributed by atoms with Gasteiger partial charge in [0, 0.05) is 5.56 Å². The van der Waals surface area contributed by atoms with E-state index in [9.17, 15) is 4.79 Å². The van der Waals surface area contributed by atoms with Gasteiger partial charge in [0.15, 0.2) is 5.60 Å². The summed E-state index contributed by atoms with van der Waals surface area (Å²) in [4.78, 5) is 11.5. The summed E-state index contributed by atoms with van der Waals surface area (Å²) in [7, 11) is 0. The van der Waals surface area contributed by atoms with Crippen LogP contribution >= 0.6 is 11.6 Å². The number of benzene rings is 1. The monoisotopic (exact) mass is 210 g/mol. The first-order valence-corrected chi connectivity index (χ1v) is 4.96. The first-order chi connectivity index (χ1) is 6.55. The number of cyclic esters (lactones) is 1. The van der Waals surface area contributed by atoms with Crippen LogP contribution in [0.1, 0.15) is 29.8 Å². The minimum Gasteiger partial charge on any atom is -0.449 e. The van der Waals surface area contributed by atoms with E-state index < -0.39 is 5.60 Å². The van der Waals surface area contributed by atoms with Crippen molar-refractivity contribution in [1.82, 2.24) is 0 Å². The molecule has 0 saturated heterocycles. The Hall–Kier alpha value is -1.02. The lowest BCUT2D eigenvalue weighted by Gasteiger charge is -2.26. The predicted octanol–water partition coefficient (Wildman–Crippen LogP) is 2.70. The van der Waals surface area contributed by atoms with Gasteiger partial charge in [-0.05, 0) is 19.9 Å². The van der Waals surface area contributed by atoms with E-state index in [0.717, 1.165) is 5.56 Å². The molecule has 0 N–H and O–H groups in total. The standard InChI is InChI=1S/C11H11ClO2/c1-7(12)11(2)9-6-4-3-5-8(9)10(13)14-11/h3-7H,1-2H3. The summed E-state index contributed by atoms with van der Waals surface area (Å²) in [6.07, 6.45) is 0. The second-order valence-electron chi connectivity index (χ2n) is 3.66. The molecule has 2 unspecified atom stereocenters. The van der Waals surface area contributed by atoms with E-state index in [1.165, 1.54) is 0 Å². The fraction of sp³-hybridized carbons (Fsp3) is 0.364. The van der Waals surface area contributed by atoms with Crippen LogP contribution < -0.4 is 0 Å². The minimum atomic E-state index is -0.685. The Bertz CT molecular complexity index is 387. The molecule has 0 amide bonds. The van der Waals surface area contributed by atoms with Crippen molar-refractivity contribution in [3.05, 3.63) is 35.4 Å². The molecule has 3 heteroatoms. The summed E-state index contributed by atoms with van der Waals surface area (Å²) in [6, 6.07) is 7.37. The number of hydrogen-bond acceptors (Lipinski definition) is 2. The fourth-order valence-corrected chi connectivity index (χ4v) is 1.85. The topological polar surface area (TPSA) is 26.3 Å². The zero-order chi connectivity index (χ0) is 10.3. The third-order valence-electron chi connectivity index (χ3n) is 2.75. The van der Waals surface area contributed by atoms with Crippen molar-refractivity contribution in [2.24, 2.45) is 0 Å². The molecule has 1 aromatic carbocycles. The molecule has 14 heavy (non-hydrogen) atoms. The van der Waals surface area contributed by atoms with E-state index >= 15 is 0 Å². The van der Waals surface area contributed by atoms with Gasteiger partial charge in [-0.3, -0.25) is 0 Å². The summed E-state index contributed by atoms with van der Waals surface area (Å²) in [5, 5.41) is -0.241. The highest BCUT2D eigenvalue weighted by Crippen LogP contribution is 2.40. The molecule has 1 aliphatic rings. The van der Waals surface area contributed by atoms with E-state index in [-0.39, 0.29) is 11.3 Å². The highest BCUT2D eigenvalue weighted by atomic mass is 35.5. The van der Waals surface area contributed by atoms with Crippen LogP contribution in [0.4, 0.5) is 0 Å². The number of rotatable bonds is 1. The molecule has 0 fully saturated rings. The number of ether oxygens (including phenoxy) is 1. The Balaban J connectivity index is 2.59. The first-order valence-electron chi connectivity index (χ1n) is 4.52. The average Bonchev–Trinajstić information content (AvgIpc) is 2.42. The number of fused-ring (bicyclic) bond motifs is 1. The van der Waals surface area contributed by atoms with E-state index in [0.29, 0.717) is 5.56 Å². The molecule has 0 radical (unpaired) electrons. The van der Waals surface area contributed by atoms with Crippen molar-refractivity contribution < 1.29 is 9.53 Å². The molecule has 0 aromatic heterocycles. The zero-order valence-corrected chi connectivity index (χ0v) is 8.84. The van der Waals surface area contributed by atoms with Gasteiger partial charge >= 0.3 is 5.97 Å². The largest absolute Gasteiger partial charge is 0.449 e. The molecule has 0 saturated carbocycles. The Morgan fingerprint density at radius 3 is 2.71 bits per heavy atom. The molecule has 0 aliphatic carbocycles. The van der Waals surface area contributed by atoms with E-state index in [1.807, 2.05) is 32.0 Å². The molecular formula is C11H11ClO2. The lowest BCUT2D eigenvalue weighted by Crippen LogP contribution is -2.30. The smallest absolute Gasteiger partial charge is 0.339 e. The molecule has 2 atom stereocenters. The van der Waals surface area contributed by atoms with Gasteiger partial charge in [0.1, 0.15) is 0 Å². The van der Waals surface area contributed by atoms with Gasteiger partial charge in [0.05, 0.1) is 10.9 Å². The van der Waals surface area contributed by atoms with Crippen LogP contribution in [0.3, 0.4) is 0 Å². The average molecular weight is 211 g/mol. The third-order valence-corrected chi connectivity index (χ3v) is 3.16. The van der Waals surface area contributed by atoms with Crippen LogP contribution in [0.2, 0.25) is 0 Å². The van der Waals surface area contributed by atoms with Crippen molar-refractivity contribution >= 4 is 17.6 Å². The molecule has 2 rings (SSSR count). The summed E-state index contributed by atoms with van der Waals surface area (Å²) >= 11 is 6.04. The van der Waals surface area contributed by atoms with Crippen molar-refractivity contribution in [1.29, 1.82) is 0 Å².